The molecule has 20 heavy (non-hydrogen) atoms. The third-order valence-electron chi connectivity index (χ3n) is 3.29. The topological polar surface area (TPSA) is 87.7 Å². The van der Waals surface area contributed by atoms with Gasteiger partial charge in [-0.15, -0.1) is 0 Å². The molecule has 0 spiro atoms. The number of benzene rings is 1. The number of carbonyl (C=O) groups excluding carboxylic acids is 1. The van der Waals surface area contributed by atoms with E-state index < -0.39 is 12.2 Å². The van der Waals surface area contributed by atoms with Gasteiger partial charge in [-0.2, -0.15) is 0 Å². The van der Waals surface area contributed by atoms with E-state index in [2.05, 4.69) is 10.6 Å². The molecular weight excluding hydrogens is 260 g/mol. The van der Waals surface area contributed by atoms with Gasteiger partial charge in [-0.25, -0.2) is 9.59 Å². The van der Waals surface area contributed by atoms with Crippen molar-refractivity contribution in [1.82, 2.24) is 10.6 Å². The molecule has 0 aromatic heterocycles. The predicted molar refractivity (Wildman–Crippen MR) is 72.4 cm³/mol. The zero-order valence-electron chi connectivity index (χ0n) is 11.0. The first-order chi connectivity index (χ1) is 9.63. The molecule has 1 aliphatic carbocycles. The summed E-state index contributed by atoms with van der Waals surface area (Å²) in [6.45, 7) is 0.232. The van der Waals surface area contributed by atoms with Crippen LogP contribution in [0.3, 0.4) is 0 Å². The first-order valence-electron chi connectivity index (χ1n) is 6.60. The van der Waals surface area contributed by atoms with Crippen LogP contribution in [-0.2, 0) is 11.3 Å². The van der Waals surface area contributed by atoms with Crippen LogP contribution >= 0.6 is 0 Å². The summed E-state index contributed by atoms with van der Waals surface area (Å²) in [7, 11) is 0. The quantitative estimate of drug-likeness (QED) is 0.787. The normalized spacial score (nSPS) is 21.2. The van der Waals surface area contributed by atoms with Gasteiger partial charge in [-0.3, -0.25) is 0 Å². The van der Waals surface area contributed by atoms with E-state index in [9.17, 15) is 9.59 Å². The van der Waals surface area contributed by atoms with E-state index >= 15 is 0 Å². The summed E-state index contributed by atoms with van der Waals surface area (Å²) < 4.78 is 5.12. The highest BCUT2D eigenvalue weighted by Gasteiger charge is 2.27. The lowest BCUT2D eigenvalue weighted by Crippen LogP contribution is -2.36. The zero-order chi connectivity index (χ0) is 14.4. The monoisotopic (exact) mass is 278 g/mol. The minimum atomic E-state index is -1.03. The molecule has 0 bridgehead atoms. The van der Waals surface area contributed by atoms with Gasteiger partial charge in [-0.1, -0.05) is 30.3 Å². The third kappa shape index (κ3) is 4.46. The molecule has 1 aliphatic rings. The maximum atomic E-state index is 11.6. The highest BCUT2D eigenvalue weighted by atomic mass is 16.5. The maximum absolute atomic E-state index is 11.6. The molecule has 0 aliphatic heterocycles. The molecule has 0 saturated heterocycles. The van der Waals surface area contributed by atoms with Crippen molar-refractivity contribution >= 4 is 12.2 Å². The Labute approximate surface area is 117 Å². The lowest BCUT2D eigenvalue weighted by molar-refractivity contribution is 0.135. The van der Waals surface area contributed by atoms with Crippen LogP contribution in [0.5, 0.6) is 0 Å². The number of nitrogens with one attached hydrogen (secondary N) is 2. The van der Waals surface area contributed by atoms with Gasteiger partial charge in [0.1, 0.15) is 6.61 Å². The van der Waals surface area contributed by atoms with Crippen LogP contribution in [0.15, 0.2) is 30.3 Å². The zero-order valence-corrected chi connectivity index (χ0v) is 11.0. The van der Waals surface area contributed by atoms with Gasteiger partial charge in [0.25, 0.3) is 0 Å². The van der Waals surface area contributed by atoms with E-state index in [-0.39, 0.29) is 18.7 Å². The number of ether oxygens (including phenoxy) is 1. The second-order valence-electron chi connectivity index (χ2n) is 4.86. The van der Waals surface area contributed by atoms with Gasteiger partial charge < -0.3 is 20.5 Å². The van der Waals surface area contributed by atoms with E-state index in [1.165, 1.54) is 0 Å². The molecule has 1 fully saturated rings. The van der Waals surface area contributed by atoms with Crippen LogP contribution in [0.4, 0.5) is 9.59 Å². The molecule has 2 rings (SSSR count). The van der Waals surface area contributed by atoms with Crippen LogP contribution in [0.1, 0.15) is 24.8 Å². The van der Waals surface area contributed by atoms with Crippen molar-refractivity contribution < 1.29 is 19.4 Å². The van der Waals surface area contributed by atoms with Crippen LogP contribution in [-0.4, -0.2) is 29.4 Å². The standard InChI is InChI=1S/C14H18N2O4/c17-13(18)15-11-6-7-12(8-11)16-14(19)20-9-10-4-2-1-3-5-10/h1-5,11-12,15H,6-9H2,(H,16,19)(H,17,18)/t11-,12+/m1/s1. The molecule has 0 heterocycles. The Bertz CT molecular complexity index is 464. The number of hydrogen-bond acceptors (Lipinski definition) is 3. The first kappa shape index (κ1) is 14.2. The highest BCUT2D eigenvalue weighted by molar-refractivity contribution is 5.68. The Morgan fingerprint density at radius 2 is 1.80 bits per heavy atom. The van der Waals surface area contributed by atoms with Crippen LogP contribution < -0.4 is 10.6 Å². The second-order valence-corrected chi connectivity index (χ2v) is 4.86. The fourth-order valence-corrected chi connectivity index (χ4v) is 2.35. The Morgan fingerprint density at radius 3 is 2.45 bits per heavy atom. The lowest BCUT2D eigenvalue weighted by Gasteiger charge is -2.13. The number of rotatable bonds is 4. The number of carboxylic acid groups (broad SMARTS) is 1. The van der Waals surface area contributed by atoms with Crippen molar-refractivity contribution in [1.29, 1.82) is 0 Å². The van der Waals surface area contributed by atoms with Crippen molar-refractivity contribution in [3.05, 3.63) is 35.9 Å². The molecular formula is C14H18N2O4. The predicted octanol–water partition coefficient (Wildman–Crippen LogP) is 2.10. The van der Waals surface area contributed by atoms with Gasteiger partial charge >= 0.3 is 12.2 Å². The molecule has 2 atom stereocenters. The number of alkyl carbamates (subject to hydrolysis) is 1. The van der Waals surface area contributed by atoms with E-state index in [1.807, 2.05) is 30.3 Å². The largest absolute Gasteiger partial charge is 0.465 e. The third-order valence-corrected chi connectivity index (χ3v) is 3.29. The van der Waals surface area contributed by atoms with E-state index in [1.54, 1.807) is 0 Å². The average molecular weight is 278 g/mol. The Balaban J connectivity index is 1.69. The first-order valence-corrected chi connectivity index (χ1v) is 6.60. The summed E-state index contributed by atoms with van der Waals surface area (Å²) in [4.78, 5) is 22.2. The molecule has 1 saturated carbocycles. The van der Waals surface area contributed by atoms with Gasteiger partial charge in [0, 0.05) is 12.1 Å². The van der Waals surface area contributed by atoms with Gasteiger partial charge in [0.05, 0.1) is 0 Å². The van der Waals surface area contributed by atoms with Crippen molar-refractivity contribution in [2.45, 2.75) is 38.0 Å². The molecule has 108 valence electrons. The molecule has 6 nitrogen and oxygen atoms in total. The van der Waals surface area contributed by atoms with E-state index in [4.69, 9.17) is 9.84 Å². The number of hydrogen-bond donors (Lipinski definition) is 3. The second kappa shape index (κ2) is 6.79. The molecule has 3 N–H and O–H groups in total. The van der Waals surface area contributed by atoms with Crippen LogP contribution in [0, 0.1) is 0 Å². The summed E-state index contributed by atoms with van der Waals surface area (Å²) in [6.07, 6.45) is 0.603. The lowest BCUT2D eigenvalue weighted by atomic mass is 10.2. The van der Waals surface area contributed by atoms with E-state index in [0.29, 0.717) is 6.42 Å². The Morgan fingerprint density at radius 1 is 1.15 bits per heavy atom. The summed E-state index contributed by atoms with van der Waals surface area (Å²) in [5, 5.41) is 13.8. The van der Waals surface area contributed by atoms with Gasteiger partial charge in [-0.05, 0) is 24.8 Å². The maximum Gasteiger partial charge on any atom is 0.407 e. The summed E-state index contributed by atoms with van der Waals surface area (Å²) in [5.74, 6) is 0. The molecule has 1 aromatic carbocycles. The summed E-state index contributed by atoms with van der Waals surface area (Å²) in [6, 6.07) is 9.32. The summed E-state index contributed by atoms with van der Waals surface area (Å²) in [5.41, 5.74) is 0.930. The molecule has 0 radical (unpaired) electrons. The molecule has 6 heteroatoms. The minimum absolute atomic E-state index is 0.0323. The molecule has 2 amide bonds. The highest BCUT2D eigenvalue weighted by Crippen LogP contribution is 2.19. The minimum Gasteiger partial charge on any atom is -0.465 e. The van der Waals surface area contributed by atoms with Crippen LogP contribution in [0.25, 0.3) is 0 Å². The van der Waals surface area contributed by atoms with Crippen molar-refractivity contribution in [3.8, 4) is 0 Å². The van der Waals surface area contributed by atoms with Gasteiger partial charge in [0.15, 0.2) is 0 Å². The van der Waals surface area contributed by atoms with Crippen molar-refractivity contribution in [2.75, 3.05) is 0 Å². The Kier molecular flexibility index (Phi) is 4.81. The average Bonchev–Trinajstić information content (AvgIpc) is 2.84. The number of amides is 2. The SMILES string of the molecule is O=C(O)N[C@@H]1CC[C@H](NC(=O)OCc2ccccc2)C1. The summed E-state index contributed by atoms with van der Waals surface area (Å²) >= 11 is 0. The Hall–Kier alpha value is -2.24. The fraction of sp³-hybridized carbons (Fsp3) is 0.429. The van der Waals surface area contributed by atoms with E-state index in [0.717, 1.165) is 18.4 Å². The molecule has 1 aromatic rings. The smallest absolute Gasteiger partial charge is 0.407 e. The van der Waals surface area contributed by atoms with Crippen molar-refractivity contribution in [2.24, 2.45) is 0 Å². The van der Waals surface area contributed by atoms with Crippen molar-refractivity contribution in [3.63, 3.8) is 0 Å². The fourth-order valence-electron chi connectivity index (χ4n) is 2.35. The van der Waals surface area contributed by atoms with Gasteiger partial charge in [0.2, 0.25) is 0 Å². The molecule has 0 unspecified atom stereocenters. The van der Waals surface area contributed by atoms with Crippen LogP contribution in [0.2, 0.25) is 0 Å². The number of carbonyl (C=O) groups is 2.